The van der Waals surface area contributed by atoms with Crippen LogP contribution in [-0.4, -0.2) is 37.1 Å². The molecule has 0 spiro atoms. The number of likely N-dealkylation sites (N-methyl/N-ethyl adjacent to an activating group) is 1. The van der Waals surface area contributed by atoms with Gasteiger partial charge < -0.3 is 15.4 Å². The van der Waals surface area contributed by atoms with Crippen LogP contribution >= 0.6 is 11.3 Å². The fourth-order valence-corrected chi connectivity index (χ4v) is 2.16. The second-order valence-corrected chi connectivity index (χ2v) is 4.42. The Bertz CT molecular complexity index is 310. The maximum absolute atomic E-state index is 12.0. The Labute approximate surface area is 100 Å². The van der Waals surface area contributed by atoms with Crippen LogP contribution in [0.5, 0.6) is 0 Å². The minimum absolute atomic E-state index is 0.0408. The molecule has 0 bridgehead atoms. The summed E-state index contributed by atoms with van der Waals surface area (Å²) in [6, 6.07) is 4.00. The lowest BCUT2D eigenvalue weighted by Gasteiger charge is -2.24. The monoisotopic (exact) mass is 242 g/mol. The predicted octanol–water partition coefficient (Wildman–Crippen LogP) is 1.07. The molecule has 1 rings (SSSR count). The van der Waals surface area contributed by atoms with Crippen LogP contribution in [0.1, 0.15) is 11.8 Å². The molecule has 0 radical (unpaired) electrons. The van der Waals surface area contributed by atoms with Gasteiger partial charge in [0.1, 0.15) is 6.10 Å². The van der Waals surface area contributed by atoms with Crippen LogP contribution in [0.25, 0.3) is 0 Å². The van der Waals surface area contributed by atoms with Gasteiger partial charge in [0, 0.05) is 25.1 Å². The normalized spacial score (nSPS) is 12.4. The summed E-state index contributed by atoms with van der Waals surface area (Å²) in [5.74, 6) is -0.0408. The first-order valence-electron chi connectivity index (χ1n) is 5.27. The highest BCUT2D eigenvalue weighted by molar-refractivity contribution is 7.09. The molecule has 1 atom stereocenters. The van der Waals surface area contributed by atoms with E-state index >= 15 is 0 Å². The van der Waals surface area contributed by atoms with Crippen LogP contribution in [0.2, 0.25) is 0 Å². The number of amides is 1. The summed E-state index contributed by atoms with van der Waals surface area (Å²) < 4.78 is 5.05. The molecule has 0 fully saturated rings. The highest BCUT2D eigenvalue weighted by Gasteiger charge is 2.21. The van der Waals surface area contributed by atoms with Gasteiger partial charge >= 0.3 is 0 Å². The van der Waals surface area contributed by atoms with Crippen LogP contribution in [0, 0.1) is 0 Å². The Hall–Kier alpha value is -0.910. The minimum atomic E-state index is -0.528. The van der Waals surface area contributed by atoms with E-state index in [4.69, 9.17) is 10.5 Å². The third kappa shape index (κ3) is 3.30. The lowest BCUT2D eigenvalue weighted by molar-refractivity contribution is -0.141. The Morgan fingerprint density at radius 2 is 2.44 bits per heavy atom. The molecule has 1 aromatic heterocycles. The smallest absolute Gasteiger partial charge is 0.253 e. The topological polar surface area (TPSA) is 55.6 Å². The second kappa shape index (κ2) is 6.62. The van der Waals surface area contributed by atoms with Crippen molar-refractivity contribution in [1.82, 2.24) is 4.90 Å². The van der Waals surface area contributed by atoms with Crippen molar-refractivity contribution >= 4 is 17.2 Å². The van der Waals surface area contributed by atoms with Crippen molar-refractivity contribution in [2.75, 3.05) is 20.2 Å². The van der Waals surface area contributed by atoms with Crippen LogP contribution in [0.15, 0.2) is 17.5 Å². The maximum atomic E-state index is 12.0. The maximum Gasteiger partial charge on any atom is 0.253 e. The lowest BCUT2D eigenvalue weighted by Crippen LogP contribution is -2.43. The fraction of sp³-hybridized carbons (Fsp3) is 0.545. The van der Waals surface area contributed by atoms with Crippen LogP contribution < -0.4 is 5.73 Å². The molecular weight excluding hydrogens is 224 g/mol. The third-order valence-electron chi connectivity index (χ3n) is 2.39. The molecule has 0 aliphatic rings. The van der Waals surface area contributed by atoms with E-state index in [1.165, 1.54) is 12.0 Å². The van der Waals surface area contributed by atoms with Gasteiger partial charge in [0.15, 0.2) is 0 Å². The molecule has 1 aromatic rings. The Morgan fingerprint density at radius 1 is 1.69 bits per heavy atom. The van der Waals surface area contributed by atoms with E-state index in [1.807, 2.05) is 24.4 Å². The van der Waals surface area contributed by atoms with Gasteiger partial charge in [-0.1, -0.05) is 6.07 Å². The molecule has 90 valence electrons. The predicted molar refractivity (Wildman–Crippen MR) is 65.3 cm³/mol. The number of hydrogen-bond acceptors (Lipinski definition) is 4. The Morgan fingerprint density at radius 3 is 2.88 bits per heavy atom. The molecule has 0 aliphatic heterocycles. The van der Waals surface area contributed by atoms with Crippen molar-refractivity contribution in [2.45, 2.75) is 19.6 Å². The van der Waals surface area contributed by atoms with Gasteiger partial charge in [0.2, 0.25) is 0 Å². The average Bonchev–Trinajstić information content (AvgIpc) is 2.80. The molecule has 16 heavy (non-hydrogen) atoms. The summed E-state index contributed by atoms with van der Waals surface area (Å²) in [7, 11) is 1.51. The molecule has 0 aliphatic carbocycles. The Kier molecular flexibility index (Phi) is 5.45. The summed E-state index contributed by atoms with van der Waals surface area (Å²) in [6.45, 7) is 3.47. The number of nitrogens with two attached hydrogens (primary N) is 1. The number of carbonyl (C=O) groups excluding carboxylic acids is 1. The number of hydrogen-bond donors (Lipinski definition) is 1. The number of methoxy groups -OCH3 is 1. The number of carbonyl (C=O) groups is 1. The van der Waals surface area contributed by atoms with E-state index in [-0.39, 0.29) is 12.5 Å². The summed E-state index contributed by atoms with van der Waals surface area (Å²) in [5, 5.41) is 2.00. The summed E-state index contributed by atoms with van der Waals surface area (Å²) >= 11 is 1.64. The average molecular weight is 242 g/mol. The van der Waals surface area contributed by atoms with Crippen LogP contribution in [0.3, 0.4) is 0 Å². The van der Waals surface area contributed by atoms with Crippen molar-refractivity contribution in [3.05, 3.63) is 22.4 Å². The molecule has 1 amide bonds. The molecule has 2 N–H and O–H groups in total. The van der Waals surface area contributed by atoms with E-state index in [0.29, 0.717) is 13.1 Å². The van der Waals surface area contributed by atoms with Gasteiger partial charge in [-0.25, -0.2) is 0 Å². The fourth-order valence-electron chi connectivity index (χ4n) is 1.44. The van der Waals surface area contributed by atoms with Crippen molar-refractivity contribution in [1.29, 1.82) is 0 Å². The lowest BCUT2D eigenvalue weighted by atomic mass is 10.3. The summed E-state index contributed by atoms with van der Waals surface area (Å²) in [5.41, 5.74) is 5.48. The number of nitrogens with zero attached hydrogens (tertiary/aromatic N) is 1. The van der Waals surface area contributed by atoms with Crippen molar-refractivity contribution in [3.63, 3.8) is 0 Å². The van der Waals surface area contributed by atoms with E-state index in [9.17, 15) is 4.79 Å². The SMILES string of the molecule is CCN(Cc1cccs1)C(=O)C(CN)OC. The standard InChI is InChI=1S/C11H18N2O2S/c1-3-13(8-9-5-4-6-16-9)11(14)10(7-12)15-2/h4-6,10H,3,7-8,12H2,1-2H3. The second-order valence-electron chi connectivity index (χ2n) is 3.39. The molecule has 0 aromatic carbocycles. The van der Waals surface area contributed by atoms with E-state index in [0.717, 1.165) is 0 Å². The van der Waals surface area contributed by atoms with Gasteiger partial charge in [-0.3, -0.25) is 4.79 Å². The summed E-state index contributed by atoms with van der Waals surface area (Å²) in [6.07, 6.45) is -0.528. The van der Waals surface area contributed by atoms with Gasteiger partial charge in [-0.15, -0.1) is 11.3 Å². The molecule has 0 saturated carbocycles. The summed E-state index contributed by atoms with van der Waals surface area (Å²) in [4.78, 5) is 14.9. The van der Waals surface area contributed by atoms with Crippen LogP contribution in [-0.2, 0) is 16.1 Å². The van der Waals surface area contributed by atoms with Gasteiger partial charge in [0.05, 0.1) is 6.54 Å². The first-order valence-corrected chi connectivity index (χ1v) is 6.14. The van der Waals surface area contributed by atoms with Gasteiger partial charge in [0.25, 0.3) is 5.91 Å². The molecule has 5 heteroatoms. The van der Waals surface area contributed by atoms with Gasteiger partial charge in [-0.2, -0.15) is 0 Å². The zero-order valence-electron chi connectivity index (χ0n) is 9.68. The minimum Gasteiger partial charge on any atom is -0.370 e. The zero-order chi connectivity index (χ0) is 12.0. The quantitative estimate of drug-likeness (QED) is 0.812. The van der Waals surface area contributed by atoms with Gasteiger partial charge in [-0.05, 0) is 18.4 Å². The third-order valence-corrected chi connectivity index (χ3v) is 3.26. The highest BCUT2D eigenvalue weighted by Crippen LogP contribution is 2.12. The molecule has 1 heterocycles. The number of thiophene rings is 1. The van der Waals surface area contributed by atoms with E-state index in [1.54, 1.807) is 16.2 Å². The highest BCUT2D eigenvalue weighted by atomic mass is 32.1. The van der Waals surface area contributed by atoms with Crippen LogP contribution in [0.4, 0.5) is 0 Å². The first kappa shape index (κ1) is 13.2. The molecule has 1 unspecified atom stereocenters. The number of ether oxygens (including phenoxy) is 1. The van der Waals surface area contributed by atoms with Crippen molar-refractivity contribution in [3.8, 4) is 0 Å². The zero-order valence-corrected chi connectivity index (χ0v) is 10.5. The Balaban J connectivity index is 2.63. The largest absolute Gasteiger partial charge is 0.370 e. The van der Waals surface area contributed by atoms with Crippen molar-refractivity contribution < 1.29 is 9.53 Å². The van der Waals surface area contributed by atoms with Crippen molar-refractivity contribution in [2.24, 2.45) is 5.73 Å². The molecular formula is C11H18N2O2S. The number of rotatable bonds is 6. The van der Waals surface area contributed by atoms with E-state index in [2.05, 4.69) is 0 Å². The van der Waals surface area contributed by atoms with E-state index < -0.39 is 6.10 Å². The first-order chi connectivity index (χ1) is 7.72. The molecule has 4 nitrogen and oxygen atoms in total. The molecule has 0 saturated heterocycles.